The molecular formula is C16H25NS. The van der Waals surface area contributed by atoms with Crippen molar-refractivity contribution in [2.24, 2.45) is 0 Å². The summed E-state index contributed by atoms with van der Waals surface area (Å²) >= 11 is 1.91. The summed E-state index contributed by atoms with van der Waals surface area (Å²) in [5.74, 6) is 0.879. The van der Waals surface area contributed by atoms with E-state index in [1.54, 1.807) is 11.1 Å². The Hall–Kier alpha value is -0.340. The summed E-state index contributed by atoms with van der Waals surface area (Å²) in [5, 5.41) is 4.80. The molecule has 1 aliphatic heterocycles. The number of hydrogen-bond acceptors (Lipinski definition) is 2. The lowest BCUT2D eigenvalue weighted by Crippen LogP contribution is -2.30. The van der Waals surface area contributed by atoms with Gasteiger partial charge >= 0.3 is 0 Å². The Morgan fingerprint density at radius 1 is 1.11 bits per heavy atom. The molecule has 18 heavy (non-hydrogen) atoms. The fourth-order valence-electron chi connectivity index (χ4n) is 3.63. The Balaban J connectivity index is 1.46. The van der Waals surface area contributed by atoms with Crippen LogP contribution in [-0.4, -0.2) is 24.5 Å². The van der Waals surface area contributed by atoms with Gasteiger partial charge in [-0.3, -0.25) is 0 Å². The van der Waals surface area contributed by atoms with Gasteiger partial charge in [0.05, 0.1) is 0 Å². The molecule has 1 fully saturated rings. The van der Waals surface area contributed by atoms with Crippen LogP contribution in [0.4, 0.5) is 0 Å². The Morgan fingerprint density at radius 3 is 2.89 bits per heavy atom. The zero-order valence-corrected chi connectivity index (χ0v) is 12.2. The average molecular weight is 263 g/mol. The van der Waals surface area contributed by atoms with Crippen molar-refractivity contribution in [3.05, 3.63) is 21.9 Å². The Bertz CT molecular complexity index is 365. The third-order valence-electron chi connectivity index (χ3n) is 4.69. The summed E-state index contributed by atoms with van der Waals surface area (Å²) in [5.41, 5.74) is 3.36. The van der Waals surface area contributed by atoms with Crippen LogP contribution in [0.5, 0.6) is 0 Å². The number of hydrogen-bond donors (Lipinski definition) is 0. The molecule has 0 bridgehead atoms. The number of piperidine rings is 1. The van der Waals surface area contributed by atoms with E-state index in [2.05, 4.69) is 15.7 Å². The highest BCUT2D eigenvalue weighted by atomic mass is 32.1. The van der Waals surface area contributed by atoms with E-state index in [9.17, 15) is 0 Å². The van der Waals surface area contributed by atoms with Crippen molar-refractivity contribution in [2.75, 3.05) is 19.6 Å². The molecule has 1 saturated heterocycles. The molecule has 2 heteroatoms. The van der Waals surface area contributed by atoms with E-state index in [4.69, 9.17) is 0 Å². The van der Waals surface area contributed by atoms with Crippen LogP contribution < -0.4 is 0 Å². The first-order valence-electron chi connectivity index (χ1n) is 7.71. The molecule has 0 radical (unpaired) electrons. The molecule has 0 spiro atoms. The summed E-state index contributed by atoms with van der Waals surface area (Å²) in [4.78, 5) is 2.68. The first kappa shape index (κ1) is 12.7. The highest BCUT2D eigenvalue weighted by Crippen LogP contribution is 2.36. The molecule has 0 aromatic carbocycles. The van der Waals surface area contributed by atoms with Gasteiger partial charge in [-0.25, -0.2) is 0 Å². The lowest BCUT2D eigenvalue weighted by Gasteiger charge is -2.28. The van der Waals surface area contributed by atoms with Gasteiger partial charge in [0.2, 0.25) is 0 Å². The number of likely N-dealkylation sites (tertiary alicyclic amines) is 1. The van der Waals surface area contributed by atoms with Crippen LogP contribution in [0.2, 0.25) is 0 Å². The van der Waals surface area contributed by atoms with Crippen LogP contribution in [0, 0.1) is 0 Å². The van der Waals surface area contributed by atoms with Crippen LogP contribution in [0.1, 0.15) is 62.0 Å². The van der Waals surface area contributed by atoms with Crippen molar-refractivity contribution in [1.29, 1.82) is 0 Å². The molecule has 1 aromatic rings. The van der Waals surface area contributed by atoms with E-state index >= 15 is 0 Å². The van der Waals surface area contributed by atoms with Crippen molar-refractivity contribution in [2.45, 2.75) is 57.3 Å². The molecule has 2 heterocycles. The van der Waals surface area contributed by atoms with Crippen LogP contribution in [0.25, 0.3) is 0 Å². The van der Waals surface area contributed by atoms with Crippen molar-refractivity contribution < 1.29 is 0 Å². The topological polar surface area (TPSA) is 3.24 Å². The van der Waals surface area contributed by atoms with E-state index in [1.165, 1.54) is 71.0 Å². The van der Waals surface area contributed by atoms with Crippen molar-refractivity contribution in [3.63, 3.8) is 0 Å². The molecule has 1 atom stereocenters. The minimum atomic E-state index is 0.879. The molecule has 1 aromatic heterocycles. The maximum absolute atomic E-state index is 2.68. The zero-order chi connectivity index (χ0) is 12.2. The van der Waals surface area contributed by atoms with E-state index < -0.39 is 0 Å². The van der Waals surface area contributed by atoms with Gasteiger partial charge < -0.3 is 4.90 Å². The van der Waals surface area contributed by atoms with Gasteiger partial charge in [-0.1, -0.05) is 6.42 Å². The van der Waals surface area contributed by atoms with Gasteiger partial charge in [0.25, 0.3) is 0 Å². The molecule has 100 valence electrons. The molecule has 3 rings (SSSR count). The second-order valence-electron chi connectivity index (χ2n) is 5.99. The third kappa shape index (κ3) is 2.97. The number of aryl methyl sites for hydroxylation is 1. The second kappa shape index (κ2) is 6.21. The summed E-state index contributed by atoms with van der Waals surface area (Å²) in [7, 11) is 0. The van der Waals surface area contributed by atoms with Gasteiger partial charge in [-0.05, 0) is 92.4 Å². The fraction of sp³-hybridized carbons (Fsp3) is 0.750. The standard InChI is InChI=1S/C16H25NS/c1-2-9-17(10-3-1)11-5-8-14-6-4-7-15-12-18-13-16(14)15/h12-14H,1-11H2. The van der Waals surface area contributed by atoms with E-state index in [0.717, 1.165) is 5.92 Å². The SMILES string of the molecule is c1scc2c1CCCC2CCCN1CCCCC1. The minimum Gasteiger partial charge on any atom is -0.303 e. The Morgan fingerprint density at radius 2 is 2.00 bits per heavy atom. The van der Waals surface area contributed by atoms with Crippen LogP contribution >= 0.6 is 11.3 Å². The molecule has 0 amide bonds. The predicted octanol–water partition coefficient (Wildman–Crippen LogP) is 4.43. The van der Waals surface area contributed by atoms with E-state index in [-0.39, 0.29) is 0 Å². The molecule has 1 unspecified atom stereocenters. The Kier molecular flexibility index (Phi) is 4.37. The monoisotopic (exact) mass is 263 g/mol. The smallest absolute Gasteiger partial charge is 0.00185 e. The van der Waals surface area contributed by atoms with Gasteiger partial charge in [0.15, 0.2) is 0 Å². The van der Waals surface area contributed by atoms with Gasteiger partial charge in [-0.2, -0.15) is 11.3 Å². The van der Waals surface area contributed by atoms with Crippen molar-refractivity contribution in [3.8, 4) is 0 Å². The number of rotatable bonds is 4. The quantitative estimate of drug-likeness (QED) is 0.776. The third-order valence-corrected chi connectivity index (χ3v) is 5.50. The number of fused-ring (bicyclic) bond motifs is 1. The fourth-order valence-corrected chi connectivity index (χ4v) is 4.61. The maximum Gasteiger partial charge on any atom is -0.00185 e. The minimum absolute atomic E-state index is 0.879. The lowest BCUT2D eigenvalue weighted by molar-refractivity contribution is 0.222. The number of thiophene rings is 1. The maximum atomic E-state index is 2.68. The molecule has 0 N–H and O–H groups in total. The molecule has 2 aliphatic rings. The van der Waals surface area contributed by atoms with Gasteiger partial charge in [0.1, 0.15) is 0 Å². The van der Waals surface area contributed by atoms with Crippen molar-refractivity contribution in [1.82, 2.24) is 4.90 Å². The second-order valence-corrected chi connectivity index (χ2v) is 6.73. The summed E-state index contributed by atoms with van der Waals surface area (Å²) < 4.78 is 0. The molecular weight excluding hydrogens is 238 g/mol. The van der Waals surface area contributed by atoms with Crippen LogP contribution in [-0.2, 0) is 6.42 Å². The normalized spacial score (nSPS) is 25.0. The largest absolute Gasteiger partial charge is 0.303 e. The predicted molar refractivity (Wildman–Crippen MR) is 79.5 cm³/mol. The lowest BCUT2D eigenvalue weighted by atomic mass is 9.83. The molecule has 1 nitrogen and oxygen atoms in total. The van der Waals surface area contributed by atoms with Crippen LogP contribution in [0.15, 0.2) is 10.8 Å². The first-order chi connectivity index (χ1) is 8.93. The first-order valence-corrected chi connectivity index (χ1v) is 8.65. The number of nitrogens with zero attached hydrogens (tertiary/aromatic N) is 1. The van der Waals surface area contributed by atoms with E-state index in [0.29, 0.717) is 0 Å². The van der Waals surface area contributed by atoms with Gasteiger partial charge in [-0.15, -0.1) is 0 Å². The Labute approximate surface area is 115 Å². The molecule has 1 aliphatic carbocycles. The summed E-state index contributed by atoms with van der Waals surface area (Å²) in [6.07, 6.45) is 11.3. The average Bonchev–Trinajstić information content (AvgIpc) is 2.89. The highest BCUT2D eigenvalue weighted by molar-refractivity contribution is 7.08. The van der Waals surface area contributed by atoms with Crippen molar-refractivity contribution >= 4 is 11.3 Å². The summed E-state index contributed by atoms with van der Waals surface area (Å²) in [6.45, 7) is 4.05. The van der Waals surface area contributed by atoms with Crippen LogP contribution in [0.3, 0.4) is 0 Å². The van der Waals surface area contributed by atoms with Gasteiger partial charge in [0, 0.05) is 0 Å². The highest BCUT2D eigenvalue weighted by Gasteiger charge is 2.20. The summed E-state index contributed by atoms with van der Waals surface area (Å²) in [6, 6.07) is 0. The molecule has 0 saturated carbocycles. The van der Waals surface area contributed by atoms with E-state index in [1.807, 2.05) is 11.3 Å². The zero-order valence-electron chi connectivity index (χ0n) is 11.4.